The summed E-state index contributed by atoms with van der Waals surface area (Å²) in [6, 6.07) is 11.6. The number of hydrogen-bond acceptors (Lipinski definition) is 3. The molecule has 1 amide bonds. The Hall–Kier alpha value is -1.39. The van der Waals surface area contributed by atoms with E-state index in [0.717, 1.165) is 45.3 Å². The molecule has 4 nitrogen and oxygen atoms in total. The summed E-state index contributed by atoms with van der Waals surface area (Å²) in [5.41, 5.74) is 1.38. The van der Waals surface area contributed by atoms with Crippen LogP contribution in [0.25, 0.3) is 0 Å². The van der Waals surface area contributed by atoms with Gasteiger partial charge in [-0.1, -0.05) is 30.3 Å². The normalized spacial score (nSPS) is 20.4. The van der Waals surface area contributed by atoms with E-state index < -0.39 is 0 Å². The lowest BCUT2D eigenvalue weighted by Gasteiger charge is -2.32. The van der Waals surface area contributed by atoms with Crippen LogP contribution in [0.15, 0.2) is 30.3 Å². The Labute approximate surface area is 126 Å². The number of piperidine rings is 1. The highest BCUT2D eigenvalue weighted by Crippen LogP contribution is 2.18. The minimum Gasteiger partial charge on any atom is -0.352 e. The van der Waals surface area contributed by atoms with E-state index in [9.17, 15) is 4.79 Å². The molecule has 4 heteroatoms. The van der Waals surface area contributed by atoms with Crippen molar-refractivity contribution < 1.29 is 4.79 Å². The summed E-state index contributed by atoms with van der Waals surface area (Å²) < 4.78 is 0. The molecule has 0 atom stereocenters. The molecule has 3 rings (SSSR count). The Kier molecular flexibility index (Phi) is 4.88. The van der Waals surface area contributed by atoms with Crippen LogP contribution in [0.3, 0.4) is 0 Å². The third-order valence-corrected chi connectivity index (χ3v) is 4.33. The number of likely N-dealkylation sites (tertiary alicyclic amines) is 1. The van der Waals surface area contributed by atoms with Crippen LogP contribution >= 0.6 is 0 Å². The Morgan fingerprint density at radius 1 is 1.05 bits per heavy atom. The van der Waals surface area contributed by atoms with Gasteiger partial charge in [-0.3, -0.25) is 9.69 Å². The molecule has 1 heterocycles. The van der Waals surface area contributed by atoms with Crippen LogP contribution in [0.1, 0.15) is 31.2 Å². The third-order valence-electron chi connectivity index (χ3n) is 4.33. The summed E-state index contributed by atoms with van der Waals surface area (Å²) in [7, 11) is 0. The molecule has 1 aromatic rings. The predicted octanol–water partition coefficient (Wildman–Crippen LogP) is 1.52. The van der Waals surface area contributed by atoms with E-state index in [1.807, 2.05) is 0 Å². The highest BCUT2D eigenvalue weighted by Gasteiger charge is 2.24. The van der Waals surface area contributed by atoms with Gasteiger partial charge in [0.25, 0.3) is 0 Å². The fraction of sp³-hybridized carbons (Fsp3) is 0.588. The van der Waals surface area contributed by atoms with Gasteiger partial charge in [-0.2, -0.15) is 0 Å². The number of carbonyl (C=O) groups excluding carboxylic acids is 1. The van der Waals surface area contributed by atoms with Gasteiger partial charge >= 0.3 is 0 Å². The first-order chi connectivity index (χ1) is 10.3. The van der Waals surface area contributed by atoms with Crippen molar-refractivity contribution in [2.75, 3.05) is 19.6 Å². The second-order valence-electron chi connectivity index (χ2n) is 6.26. The zero-order valence-electron chi connectivity index (χ0n) is 12.6. The van der Waals surface area contributed by atoms with Crippen molar-refractivity contribution in [2.24, 2.45) is 0 Å². The van der Waals surface area contributed by atoms with Crippen LogP contribution < -0.4 is 10.6 Å². The summed E-state index contributed by atoms with van der Waals surface area (Å²) in [5, 5.41) is 6.42. The van der Waals surface area contributed by atoms with Crippen molar-refractivity contribution in [3.8, 4) is 0 Å². The smallest absolute Gasteiger partial charge is 0.234 e. The Morgan fingerprint density at radius 2 is 1.76 bits per heavy atom. The largest absolute Gasteiger partial charge is 0.352 e. The second-order valence-corrected chi connectivity index (χ2v) is 6.26. The molecule has 1 saturated carbocycles. The van der Waals surface area contributed by atoms with Crippen LogP contribution in [0.2, 0.25) is 0 Å². The number of nitrogens with one attached hydrogen (secondary N) is 2. The first kappa shape index (κ1) is 14.5. The molecule has 1 aliphatic heterocycles. The molecular weight excluding hydrogens is 262 g/mol. The topological polar surface area (TPSA) is 44.4 Å². The lowest BCUT2D eigenvalue weighted by Crippen LogP contribution is -2.45. The van der Waals surface area contributed by atoms with Gasteiger partial charge < -0.3 is 10.6 Å². The van der Waals surface area contributed by atoms with Gasteiger partial charge in [0.05, 0.1) is 6.54 Å². The number of amides is 1. The van der Waals surface area contributed by atoms with Crippen LogP contribution in [0, 0.1) is 0 Å². The zero-order valence-corrected chi connectivity index (χ0v) is 12.6. The third kappa shape index (κ3) is 4.83. The summed E-state index contributed by atoms with van der Waals surface area (Å²) in [6.07, 6.45) is 4.57. The first-order valence-corrected chi connectivity index (χ1v) is 8.08. The van der Waals surface area contributed by atoms with Crippen molar-refractivity contribution in [3.05, 3.63) is 35.9 Å². The molecule has 1 aliphatic carbocycles. The molecule has 0 spiro atoms. The molecule has 2 aliphatic rings. The molecule has 1 saturated heterocycles. The standard InChI is InChI=1S/C17H25N3O/c21-17(19-16-6-7-16)12-18-15-8-10-20(11-9-15)13-14-4-2-1-3-5-14/h1-5,15-16,18H,6-13H2,(H,19,21). The highest BCUT2D eigenvalue weighted by atomic mass is 16.2. The maximum absolute atomic E-state index is 11.7. The molecule has 0 unspecified atom stereocenters. The van der Waals surface area contributed by atoms with Crippen LogP contribution in [-0.4, -0.2) is 42.5 Å². The quantitative estimate of drug-likeness (QED) is 0.834. The van der Waals surface area contributed by atoms with Gasteiger partial charge in [-0.25, -0.2) is 0 Å². The molecule has 1 aromatic carbocycles. The SMILES string of the molecule is O=C(CNC1CCN(Cc2ccccc2)CC1)NC1CC1. The maximum Gasteiger partial charge on any atom is 0.234 e. The maximum atomic E-state index is 11.7. The Balaban J connectivity index is 1.33. The summed E-state index contributed by atoms with van der Waals surface area (Å²) in [6.45, 7) is 3.73. The summed E-state index contributed by atoms with van der Waals surface area (Å²) in [4.78, 5) is 14.2. The van der Waals surface area contributed by atoms with Crippen LogP contribution in [0.5, 0.6) is 0 Å². The average molecular weight is 287 g/mol. The molecule has 0 bridgehead atoms. The number of hydrogen-bond donors (Lipinski definition) is 2. The second kappa shape index (κ2) is 7.05. The zero-order chi connectivity index (χ0) is 14.5. The Bertz CT molecular complexity index is 450. The number of carbonyl (C=O) groups is 1. The van der Waals surface area contributed by atoms with Gasteiger partial charge in [-0.15, -0.1) is 0 Å². The van der Waals surface area contributed by atoms with E-state index in [0.29, 0.717) is 18.6 Å². The molecule has 0 aromatic heterocycles. The average Bonchev–Trinajstić information content (AvgIpc) is 3.32. The number of nitrogens with zero attached hydrogens (tertiary/aromatic N) is 1. The highest BCUT2D eigenvalue weighted by molar-refractivity contribution is 5.78. The van der Waals surface area contributed by atoms with Crippen molar-refractivity contribution >= 4 is 5.91 Å². The van der Waals surface area contributed by atoms with E-state index in [2.05, 4.69) is 45.9 Å². The van der Waals surface area contributed by atoms with E-state index in [4.69, 9.17) is 0 Å². The van der Waals surface area contributed by atoms with Crippen molar-refractivity contribution in [1.82, 2.24) is 15.5 Å². The molecule has 21 heavy (non-hydrogen) atoms. The fourth-order valence-electron chi connectivity index (χ4n) is 2.88. The molecule has 0 radical (unpaired) electrons. The van der Waals surface area contributed by atoms with Crippen LogP contribution in [-0.2, 0) is 11.3 Å². The molecule has 2 fully saturated rings. The fourth-order valence-corrected chi connectivity index (χ4v) is 2.88. The minimum atomic E-state index is 0.157. The van der Waals surface area contributed by atoms with E-state index >= 15 is 0 Å². The number of rotatable bonds is 6. The van der Waals surface area contributed by atoms with Crippen molar-refractivity contribution in [3.63, 3.8) is 0 Å². The Morgan fingerprint density at radius 3 is 2.43 bits per heavy atom. The molecule has 114 valence electrons. The van der Waals surface area contributed by atoms with Gasteiger partial charge in [0.2, 0.25) is 5.91 Å². The predicted molar refractivity (Wildman–Crippen MR) is 83.9 cm³/mol. The molecule has 2 N–H and O–H groups in total. The molecular formula is C17H25N3O. The minimum absolute atomic E-state index is 0.157. The summed E-state index contributed by atoms with van der Waals surface area (Å²) in [5.74, 6) is 0.157. The van der Waals surface area contributed by atoms with Crippen molar-refractivity contribution in [2.45, 2.75) is 44.3 Å². The lowest BCUT2D eigenvalue weighted by molar-refractivity contribution is -0.120. The first-order valence-electron chi connectivity index (χ1n) is 8.08. The lowest BCUT2D eigenvalue weighted by atomic mass is 10.0. The van der Waals surface area contributed by atoms with Crippen molar-refractivity contribution in [1.29, 1.82) is 0 Å². The van der Waals surface area contributed by atoms with Gasteiger partial charge in [-0.05, 0) is 44.3 Å². The van der Waals surface area contributed by atoms with Crippen LogP contribution in [0.4, 0.5) is 0 Å². The van der Waals surface area contributed by atoms with Gasteiger partial charge in [0.1, 0.15) is 0 Å². The monoisotopic (exact) mass is 287 g/mol. The van der Waals surface area contributed by atoms with E-state index in [-0.39, 0.29) is 5.91 Å². The number of benzene rings is 1. The van der Waals surface area contributed by atoms with Gasteiger partial charge in [0, 0.05) is 18.6 Å². The van der Waals surface area contributed by atoms with E-state index in [1.165, 1.54) is 5.56 Å². The van der Waals surface area contributed by atoms with E-state index in [1.54, 1.807) is 0 Å². The summed E-state index contributed by atoms with van der Waals surface area (Å²) >= 11 is 0. The van der Waals surface area contributed by atoms with Gasteiger partial charge in [0.15, 0.2) is 0 Å².